The van der Waals surface area contributed by atoms with Gasteiger partial charge in [-0.3, -0.25) is 15.0 Å². The molecule has 1 aliphatic heterocycles. The molecule has 1 saturated heterocycles. The molecule has 8 nitrogen and oxygen atoms in total. The number of hydrogen-bond donors (Lipinski definition) is 2. The van der Waals surface area contributed by atoms with Crippen LogP contribution in [0.15, 0.2) is 84.9 Å². The third-order valence-electron chi connectivity index (χ3n) is 8.06. The van der Waals surface area contributed by atoms with E-state index in [0.29, 0.717) is 37.4 Å². The van der Waals surface area contributed by atoms with E-state index in [-0.39, 0.29) is 17.9 Å². The van der Waals surface area contributed by atoms with Crippen LogP contribution in [0.4, 0.5) is 9.93 Å². The second-order valence-corrected chi connectivity index (χ2v) is 13.7. The minimum atomic E-state index is -0.468. The third-order valence-corrected chi connectivity index (χ3v) is 9.01. The Labute approximate surface area is 270 Å². The summed E-state index contributed by atoms with van der Waals surface area (Å²) in [5.74, 6) is 0.000380. The van der Waals surface area contributed by atoms with Crippen molar-refractivity contribution in [1.29, 1.82) is 0 Å². The molecule has 1 aliphatic rings. The first kappa shape index (κ1) is 32.6. The molecule has 4 aromatic rings. The summed E-state index contributed by atoms with van der Waals surface area (Å²) in [6.45, 7) is 9.56. The van der Waals surface area contributed by atoms with Gasteiger partial charge in [0.25, 0.3) is 0 Å². The average Bonchev–Trinajstić information content (AvgIpc) is 3.43. The van der Waals surface area contributed by atoms with Crippen molar-refractivity contribution in [3.05, 3.63) is 96.1 Å². The molecule has 0 radical (unpaired) electrons. The lowest BCUT2D eigenvalue weighted by Crippen LogP contribution is -2.47. The average molecular weight is 628 g/mol. The predicted octanol–water partition coefficient (Wildman–Crippen LogP) is 6.75. The number of thiazole rings is 1. The van der Waals surface area contributed by atoms with Crippen molar-refractivity contribution in [1.82, 2.24) is 20.1 Å². The fourth-order valence-corrected chi connectivity index (χ4v) is 6.70. The molecule has 0 atom stereocenters. The predicted molar refractivity (Wildman–Crippen MR) is 183 cm³/mol. The molecule has 0 bridgehead atoms. The van der Waals surface area contributed by atoms with E-state index < -0.39 is 5.60 Å². The smallest absolute Gasteiger partial charge is 0.323 e. The van der Waals surface area contributed by atoms with Gasteiger partial charge in [0.2, 0.25) is 0 Å². The van der Waals surface area contributed by atoms with Crippen LogP contribution in [0.3, 0.4) is 0 Å². The Bertz CT molecular complexity index is 1440. The number of esters is 1. The topological polar surface area (TPSA) is 86.8 Å². The van der Waals surface area contributed by atoms with Crippen LogP contribution in [0.25, 0.3) is 10.2 Å². The van der Waals surface area contributed by atoms with Gasteiger partial charge in [-0.25, -0.2) is 9.78 Å². The molecule has 3 aromatic carbocycles. The third kappa shape index (κ3) is 9.85. The highest BCUT2D eigenvalue weighted by molar-refractivity contribution is 7.22. The summed E-state index contributed by atoms with van der Waals surface area (Å²) in [6, 6.07) is 29.2. The van der Waals surface area contributed by atoms with Crippen molar-refractivity contribution in [3.8, 4) is 0 Å². The zero-order valence-electron chi connectivity index (χ0n) is 26.6. The summed E-state index contributed by atoms with van der Waals surface area (Å²) in [6.07, 6.45) is 2.69. The number of aromatic nitrogens is 1. The first-order chi connectivity index (χ1) is 21.7. The second-order valence-electron chi connectivity index (χ2n) is 12.7. The number of rotatable bonds is 12. The highest BCUT2D eigenvalue weighted by atomic mass is 32.1. The van der Waals surface area contributed by atoms with Crippen molar-refractivity contribution in [3.63, 3.8) is 0 Å². The molecule has 1 aromatic heterocycles. The molecule has 0 unspecified atom stereocenters. The van der Waals surface area contributed by atoms with E-state index in [1.165, 1.54) is 22.5 Å². The van der Waals surface area contributed by atoms with Crippen molar-refractivity contribution >= 4 is 38.7 Å². The van der Waals surface area contributed by atoms with Crippen LogP contribution in [-0.4, -0.2) is 77.7 Å². The quantitative estimate of drug-likeness (QED) is 0.169. The maximum absolute atomic E-state index is 13.7. The molecule has 2 N–H and O–H groups in total. The standard InChI is InChI=1S/C36H45N5O3S/c1-36(2,3)44-33(42)26-40-22-18-29(19-23-40)37-21-25-41(35(43)39-34-38-31-16-10-11-17-32(31)45-34)24-20-30(27-12-6-4-7-13-27)28-14-8-5-9-15-28/h4-17,29-30,37H,18-26H2,1-3H3,(H,38,39,43). The zero-order chi connectivity index (χ0) is 31.6. The first-order valence-corrected chi connectivity index (χ1v) is 16.7. The number of fused-ring (bicyclic) bond motifs is 1. The Morgan fingerprint density at radius 3 is 2.18 bits per heavy atom. The van der Waals surface area contributed by atoms with Crippen LogP contribution in [0.2, 0.25) is 0 Å². The summed E-state index contributed by atoms with van der Waals surface area (Å²) in [7, 11) is 0. The monoisotopic (exact) mass is 627 g/mol. The van der Waals surface area contributed by atoms with Crippen LogP contribution >= 0.6 is 11.3 Å². The summed E-state index contributed by atoms with van der Waals surface area (Å²) in [4.78, 5) is 34.7. The van der Waals surface area contributed by atoms with E-state index in [1.54, 1.807) is 0 Å². The number of carbonyl (C=O) groups is 2. The van der Waals surface area contributed by atoms with E-state index in [2.05, 4.69) is 69.0 Å². The lowest BCUT2D eigenvalue weighted by Gasteiger charge is -2.33. The first-order valence-electron chi connectivity index (χ1n) is 15.9. The highest BCUT2D eigenvalue weighted by Gasteiger charge is 2.24. The number of anilines is 1. The Morgan fingerprint density at radius 1 is 0.933 bits per heavy atom. The lowest BCUT2D eigenvalue weighted by atomic mass is 9.88. The van der Waals surface area contributed by atoms with Crippen molar-refractivity contribution in [2.45, 2.75) is 57.6 Å². The summed E-state index contributed by atoms with van der Waals surface area (Å²) in [5.41, 5.74) is 2.90. The number of likely N-dealkylation sites (tertiary alicyclic amines) is 1. The van der Waals surface area contributed by atoms with Gasteiger partial charge in [0.05, 0.1) is 16.8 Å². The number of benzene rings is 3. The normalized spacial score (nSPS) is 14.5. The molecule has 0 saturated carbocycles. The van der Waals surface area contributed by atoms with Gasteiger partial charge in [0, 0.05) is 44.7 Å². The molecule has 2 amide bonds. The maximum Gasteiger partial charge on any atom is 0.323 e. The van der Waals surface area contributed by atoms with Gasteiger partial charge in [-0.15, -0.1) is 0 Å². The Hall–Kier alpha value is -3.79. The molecular weight excluding hydrogens is 582 g/mol. The highest BCUT2D eigenvalue weighted by Crippen LogP contribution is 2.29. The molecule has 2 heterocycles. The molecule has 9 heteroatoms. The van der Waals surface area contributed by atoms with Crippen molar-refractivity contribution in [2.75, 3.05) is 44.6 Å². The van der Waals surface area contributed by atoms with Gasteiger partial charge in [0.15, 0.2) is 5.13 Å². The van der Waals surface area contributed by atoms with Crippen LogP contribution in [0.1, 0.15) is 57.1 Å². The fraction of sp³-hybridized carbons (Fsp3) is 0.417. The van der Waals surface area contributed by atoms with Gasteiger partial charge < -0.3 is 15.0 Å². The van der Waals surface area contributed by atoms with Crippen LogP contribution in [-0.2, 0) is 9.53 Å². The maximum atomic E-state index is 13.7. The lowest BCUT2D eigenvalue weighted by molar-refractivity contribution is -0.156. The number of urea groups is 1. The summed E-state index contributed by atoms with van der Waals surface area (Å²) in [5, 5.41) is 7.37. The van der Waals surface area contributed by atoms with Gasteiger partial charge in [0.1, 0.15) is 5.60 Å². The number of ether oxygens (including phenoxy) is 1. The molecule has 1 fully saturated rings. The minimum Gasteiger partial charge on any atom is -0.459 e. The van der Waals surface area contributed by atoms with Crippen molar-refractivity contribution in [2.24, 2.45) is 0 Å². The number of hydrogen-bond acceptors (Lipinski definition) is 7. The van der Waals surface area contributed by atoms with Gasteiger partial charge in [-0.05, 0) is 63.3 Å². The fourth-order valence-electron chi connectivity index (χ4n) is 5.85. The minimum absolute atomic E-state index is 0.136. The summed E-state index contributed by atoms with van der Waals surface area (Å²) < 4.78 is 6.54. The molecule has 0 aliphatic carbocycles. The number of carbonyl (C=O) groups excluding carboxylic acids is 2. The van der Waals surface area contributed by atoms with E-state index in [1.807, 2.05) is 62.1 Å². The van der Waals surface area contributed by atoms with E-state index >= 15 is 0 Å². The molecule has 5 rings (SSSR count). The number of nitrogens with zero attached hydrogens (tertiary/aromatic N) is 3. The Morgan fingerprint density at radius 2 is 1.56 bits per heavy atom. The van der Waals surface area contributed by atoms with Crippen LogP contribution in [0.5, 0.6) is 0 Å². The molecule has 45 heavy (non-hydrogen) atoms. The number of piperidine rings is 1. The Kier molecular flexibility index (Phi) is 11.2. The van der Waals surface area contributed by atoms with Crippen LogP contribution in [0, 0.1) is 0 Å². The van der Waals surface area contributed by atoms with Gasteiger partial charge >= 0.3 is 12.0 Å². The molecule has 238 valence electrons. The number of para-hydroxylation sites is 1. The molecular formula is C36H45N5O3S. The summed E-state index contributed by atoms with van der Waals surface area (Å²) >= 11 is 1.49. The van der Waals surface area contributed by atoms with E-state index in [0.717, 1.165) is 42.6 Å². The van der Waals surface area contributed by atoms with Gasteiger partial charge in [-0.1, -0.05) is 84.1 Å². The zero-order valence-corrected chi connectivity index (χ0v) is 27.4. The second kappa shape index (κ2) is 15.5. The Balaban J connectivity index is 1.20. The largest absolute Gasteiger partial charge is 0.459 e. The van der Waals surface area contributed by atoms with Crippen LogP contribution < -0.4 is 10.6 Å². The number of nitrogens with one attached hydrogen (secondary N) is 2. The SMILES string of the molecule is CC(C)(C)OC(=O)CN1CCC(NCCN(CCC(c2ccccc2)c2ccccc2)C(=O)Nc2nc3ccccc3s2)CC1. The van der Waals surface area contributed by atoms with E-state index in [9.17, 15) is 9.59 Å². The van der Waals surface area contributed by atoms with E-state index in [4.69, 9.17) is 4.74 Å². The number of amides is 2. The van der Waals surface area contributed by atoms with Crippen molar-refractivity contribution < 1.29 is 14.3 Å². The van der Waals surface area contributed by atoms with Gasteiger partial charge in [-0.2, -0.15) is 0 Å². The molecule has 0 spiro atoms.